The molecule has 1 aromatic carbocycles. The van der Waals surface area contributed by atoms with E-state index in [1.54, 1.807) is 24.3 Å². The Bertz CT molecular complexity index is 1550. The van der Waals surface area contributed by atoms with Crippen molar-refractivity contribution in [3.05, 3.63) is 77.9 Å². The molecule has 1 amide bonds. The lowest BCUT2D eigenvalue weighted by Crippen LogP contribution is -2.44. The summed E-state index contributed by atoms with van der Waals surface area (Å²) in [6.45, 7) is 6.70. The van der Waals surface area contributed by atoms with Gasteiger partial charge in [0.2, 0.25) is 11.9 Å². The third kappa shape index (κ3) is 5.14. The van der Waals surface area contributed by atoms with Gasteiger partial charge in [-0.3, -0.25) is 14.2 Å². The van der Waals surface area contributed by atoms with Crippen molar-refractivity contribution in [3.8, 4) is 5.82 Å². The lowest BCUT2D eigenvalue weighted by molar-refractivity contribution is -0.111. The molecular weight excluding hydrogens is 477 g/mol. The van der Waals surface area contributed by atoms with Crippen LogP contribution >= 0.6 is 0 Å². The van der Waals surface area contributed by atoms with E-state index in [2.05, 4.69) is 42.0 Å². The highest BCUT2D eigenvalue weighted by atomic mass is 19.1. The van der Waals surface area contributed by atoms with Gasteiger partial charge in [0, 0.05) is 56.0 Å². The number of halogens is 1. The van der Waals surface area contributed by atoms with Gasteiger partial charge in [0.15, 0.2) is 5.65 Å². The Balaban J connectivity index is 1.45. The topological polar surface area (TPSA) is 121 Å². The molecule has 11 nitrogen and oxygen atoms in total. The van der Waals surface area contributed by atoms with Crippen LogP contribution in [0.15, 0.2) is 66.5 Å². The lowest BCUT2D eigenvalue weighted by atomic mass is 10.2. The summed E-state index contributed by atoms with van der Waals surface area (Å²) in [5.74, 6) is -0.194. The Morgan fingerprint density at radius 3 is 2.65 bits per heavy atom. The third-order valence-corrected chi connectivity index (χ3v) is 6.01. The van der Waals surface area contributed by atoms with Crippen LogP contribution in [0.2, 0.25) is 0 Å². The monoisotopic (exact) mass is 501 g/mol. The van der Waals surface area contributed by atoms with Crippen molar-refractivity contribution < 1.29 is 9.18 Å². The minimum atomic E-state index is -0.503. The highest BCUT2D eigenvalue weighted by Crippen LogP contribution is 2.25. The number of aromatic nitrogens is 5. The molecule has 12 heteroatoms. The van der Waals surface area contributed by atoms with Crippen LogP contribution in [0.5, 0.6) is 0 Å². The Morgan fingerprint density at radius 1 is 1.08 bits per heavy atom. The van der Waals surface area contributed by atoms with Gasteiger partial charge in [-0.15, -0.1) is 0 Å². The average molecular weight is 502 g/mol. The maximum Gasteiger partial charge on any atom is 0.283 e. The maximum atomic E-state index is 14.9. The van der Waals surface area contributed by atoms with Gasteiger partial charge >= 0.3 is 0 Å². The van der Waals surface area contributed by atoms with E-state index in [1.165, 1.54) is 29.4 Å². The van der Waals surface area contributed by atoms with Crippen molar-refractivity contribution in [2.24, 2.45) is 0 Å². The molecule has 0 bridgehead atoms. The molecule has 37 heavy (non-hydrogen) atoms. The summed E-state index contributed by atoms with van der Waals surface area (Å²) < 4.78 is 16.4. The summed E-state index contributed by atoms with van der Waals surface area (Å²) in [4.78, 5) is 45.2. The van der Waals surface area contributed by atoms with E-state index in [4.69, 9.17) is 0 Å². The number of rotatable bonds is 6. The average Bonchev–Trinajstić information content (AvgIpc) is 2.90. The second-order valence-electron chi connectivity index (χ2n) is 8.53. The minimum Gasteiger partial charge on any atom is -0.367 e. The molecule has 188 valence electrons. The second kappa shape index (κ2) is 10.1. The molecule has 0 aliphatic carbocycles. The molecular formula is C25H24FN9O2. The van der Waals surface area contributed by atoms with E-state index in [1.807, 2.05) is 11.9 Å². The fourth-order valence-corrected chi connectivity index (χ4v) is 4.01. The van der Waals surface area contributed by atoms with E-state index in [0.717, 1.165) is 32.3 Å². The first-order chi connectivity index (χ1) is 17.9. The molecule has 0 unspecified atom stereocenters. The number of hydrogen-bond donors (Lipinski definition) is 2. The zero-order valence-electron chi connectivity index (χ0n) is 20.1. The number of anilines is 4. The molecule has 3 aromatic heterocycles. The van der Waals surface area contributed by atoms with Crippen molar-refractivity contribution in [1.82, 2.24) is 29.4 Å². The summed E-state index contributed by atoms with van der Waals surface area (Å²) in [7, 11) is 2.05. The zero-order valence-corrected chi connectivity index (χ0v) is 20.1. The van der Waals surface area contributed by atoms with Gasteiger partial charge in [-0.05, 0) is 37.4 Å². The number of benzene rings is 1. The highest BCUT2D eigenvalue weighted by Gasteiger charge is 2.18. The molecule has 0 atom stereocenters. The van der Waals surface area contributed by atoms with Gasteiger partial charge in [-0.25, -0.2) is 14.4 Å². The molecule has 1 fully saturated rings. The number of likely N-dealkylation sites (N-methyl/N-ethyl adjacent to an activating group) is 1. The standard InChI is InChI=1S/C25H24FN9O2/c1-3-22(36)30-17-6-7-27-21(13-17)35-15-29-24(37)18-14-28-25(32-23(18)35)31-16-4-5-20(19(26)12-16)34-10-8-33(2)9-11-34/h3-7,12-15H,1,8-11H2,2H3,(H,27,30,36)(H,28,31,32). The van der Waals surface area contributed by atoms with Crippen LogP contribution in [0.3, 0.4) is 0 Å². The largest absolute Gasteiger partial charge is 0.367 e. The fraction of sp³-hybridized carbons (Fsp3) is 0.200. The van der Waals surface area contributed by atoms with Gasteiger partial charge in [0.1, 0.15) is 23.3 Å². The van der Waals surface area contributed by atoms with Gasteiger partial charge in [0.25, 0.3) is 5.56 Å². The Hall–Kier alpha value is -4.71. The van der Waals surface area contributed by atoms with Crippen LogP contribution in [0.25, 0.3) is 16.9 Å². The van der Waals surface area contributed by atoms with E-state index in [0.29, 0.717) is 22.9 Å². The number of pyridine rings is 1. The minimum absolute atomic E-state index is 0.162. The van der Waals surface area contributed by atoms with Crippen molar-refractivity contribution >= 4 is 40.0 Å². The molecule has 1 saturated heterocycles. The summed E-state index contributed by atoms with van der Waals surface area (Å²) in [6.07, 6.45) is 5.31. The van der Waals surface area contributed by atoms with Gasteiger partial charge in [-0.1, -0.05) is 6.58 Å². The van der Waals surface area contributed by atoms with E-state index < -0.39 is 5.56 Å². The fourth-order valence-electron chi connectivity index (χ4n) is 4.01. The smallest absolute Gasteiger partial charge is 0.283 e. The predicted octanol–water partition coefficient (Wildman–Crippen LogP) is 2.33. The SMILES string of the molecule is C=CC(=O)Nc1ccnc(-n2cnc(=O)c3cnc(Nc4ccc(N5CCN(C)CC5)c(F)c4)nc32)c1. The van der Waals surface area contributed by atoms with Crippen molar-refractivity contribution in [3.63, 3.8) is 0 Å². The van der Waals surface area contributed by atoms with Gasteiger partial charge in [-0.2, -0.15) is 9.97 Å². The van der Waals surface area contributed by atoms with Crippen molar-refractivity contribution in [2.75, 3.05) is 48.8 Å². The van der Waals surface area contributed by atoms with Crippen molar-refractivity contribution in [2.45, 2.75) is 0 Å². The summed E-state index contributed by atoms with van der Waals surface area (Å²) in [6, 6.07) is 8.11. The van der Waals surface area contributed by atoms with E-state index in [9.17, 15) is 14.0 Å². The quantitative estimate of drug-likeness (QED) is 0.384. The summed E-state index contributed by atoms with van der Waals surface area (Å²) >= 11 is 0. The number of nitrogens with one attached hydrogen (secondary N) is 2. The Kier molecular flexibility index (Phi) is 6.56. The number of piperazine rings is 1. The van der Waals surface area contributed by atoms with E-state index in [-0.39, 0.29) is 28.7 Å². The van der Waals surface area contributed by atoms with Crippen LogP contribution in [-0.4, -0.2) is 68.5 Å². The molecule has 5 rings (SSSR count). The lowest BCUT2D eigenvalue weighted by Gasteiger charge is -2.34. The first-order valence-electron chi connectivity index (χ1n) is 11.6. The Morgan fingerprint density at radius 2 is 1.89 bits per heavy atom. The van der Waals surface area contributed by atoms with E-state index >= 15 is 0 Å². The van der Waals surface area contributed by atoms with Crippen LogP contribution in [0, 0.1) is 5.82 Å². The highest BCUT2D eigenvalue weighted by molar-refractivity contribution is 5.99. The number of hydrogen-bond acceptors (Lipinski definition) is 9. The molecule has 2 N–H and O–H groups in total. The number of carbonyl (C=O) groups excluding carboxylic acids is 1. The molecule has 0 radical (unpaired) electrons. The van der Waals surface area contributed by atoms with Gasteiger partial charge < -0.3 is 20.4 Å². The summed E-state index contributed by atoms with van der Waals surface area (Å²) in [5.41, 5.74) is 1.23. The summed E-state index contributed by atoms with van der Waals surface area (Å²) in [5, 5.41) is 5.84. The van der Waals surface area contributed by atoms with Crippen LogP contribution in [-0.2, 0) is 4.79 Å². The van der Waals surface area contributed by atoms with Crippen molar-refractivity contribution in [1.29, 1.82) is 0 Å². The number of amides is 1. The predicted molar refractivity (Wildman–Crippen MR) is 139 cm³/mol. The maximum absolute atomic E-state index is 14.9. The van der Waals surface area contributed by atoms with Crippen LogP contribution in [0.4, 0.5) is 27.4 Å². The molecule has 4 heterocycles. The molecule has 4 aromatic rings. The molecule has 0 saturated carbocycles. The normalized spacial score (nSPS) is 13.9. The molecule has 0 spiro atoms. The van der Waals surface area contributed by atoms with Crippen LogP contribution < -0.4 is 21.1 Å². The number of carbonyl (C=O) groups is 1. The molecule has 1 aliphatic rings. The number of nitrogens with zero attached hydrogens (tertiary/aromatic N) is 7. The second-order valence-corrected chi connectivity index (χ2v) is 8.53. The van der Waals surface area contributed by atoms with Gasteiger partial charge in [0.05, 0.1) is 5.69 Å². The zero-order chi connectivity index (χ0) is 25.9. The first kappa shape index (κ1) is 24.0. The third-order valence-electron chi connectivity index (χ3n) is 6.01. The first-order valence-corrected chi connectivity index (χ1v) is 11.6. The Labute approximate surface area is 211 Å². The van der Waals surface area contributed by atoms with Crippen LogP contribution in [0.1, 0.15) is 0 Å². The molecule has 1 aliphatic heterocycles. The number of fused-ring (bicyclic) bond motifs is 1.